The molecule has 0 amide bonds. The van der Waals surface area contributed by atoms with Gasteiger partial charge in [-0.1, -0.05) is 24.2 Å². The Morgan fingerprint density at radius 3 is 2.42 bits per heavy atom. The summed E-state index contributed by atoms with van der Waals surface area (Å²) in [6.45, 7) is 3.85. The minimum atomic E-state index is -0.856. The smallest absolute Gasteiger partial charge is 0.347 e. The number of hydrogen-bond acceptors (Lipinski definition) is 4. The van der Waals surface area contributed by atoms with Crippen LogP contribution >= 0.6 is 11.3 Å². The maximum atomic E-state index is 11.1. The van der Waals surface area contributed by atoms with Crippen LogP contribution in [0.1, 0.15) is 53.9 Å². The highest BCUT2D eigenvalue weighted by molar-refractivity contribution is 7.17. The molecule has 1 aliphatic carbocycles. The zero-order chi connectivity index (χ0) is 13.5. The van der Waals surface area contributed by atoms with Gasteiger partial charge in [-0.3, -0.25) is 0 Å². The van der Waals surface area contributed by atoms with Crippen LogP contribution < -0.4 is 4.90 Å². The minimum absolute atomic E-state index is 0.385. The van der Waals surface area contributed by atoms with Crippen LogP contribution in [0.5, 0.6) is 0 Å². The van der Waals surface area contributed by atoms with Crippen molar-refractivity contribution in [2.45, 2.75) is 45.4 Å². The summed E-state index contributed by atoms with van der Waals surface area (Å²) in [5.41, 5.74) is 1.24. The first-order valence-corrected chi connectivity index (χ1v) is 7.87. The third kappa shape index (κ3) is 2.36. The molecule has 5 heteroatoms. The van der Waals surface area contributed by atoms with Gasteiger partial charge in [0.05, 0.1) is 5.69 Å². The molecular formula is C14H20N2O2S. The average molecular weight is 280 g/mol. The van der Waals surface area contributed by atoms with Crippen LogP contribution in [0, 0.1) is 12.3 Å². The number of carboxylic acids is 1. The molecule has 2 heterocycles. The number of aromatic carboxylic acids is 1. The van der Waals surface area contributed by atoms with E-state index in [9.17, 15) is 4.79 Å². The van der Waals surface area contributed by atoms with Crippen molar-refractivity contribution in [2.75, 3.05) is 18.0 Å². The third-order valence-electron chi connectivity index (χ3n) is 4.74. The number of aromatic nitrogens is 1. The summed E-state index contributed by atoms with van der Waals surface area (Å²) in [7, 11) is 0. The van der Waals surface area contributed by atoms with Gasteiger partial charge in [-0.2, -0.15) is 0 Å². The molecule has 2 fully saturated rings. The molecular weight excluding hydrogens is 260 g/mol. The Bertz CT molecular complexity index is 482. The molecule has 0 radical (unpaired) electrons. The van der Waals surface area contributed by atoms with E-state index in [2.05, 4.69) is 9.88 Å². The lowest BCUT2D eigenvalue weighted by Gasteiger charge is -2.39. The highest BCUT2D eigenvalue weighted by Gasteiger charge is 2.37. The summed E-state index contributed by atoms with van der Waals surface area (Å²) in [5.74, 6) is -0.856. The predicted octanol–water partition coefficient (Wildman–Crippen LogP) is 3.31. The molecule has 104 valence electrons. The summed E-state index contributed by atoms with van der Waals surface area (Å²) in [6.07, 6.45) is 8.04. The van der Waals surface area contributed by atoms with Crippen LogP contribution in [0.15, 0.2) is 0 Å². The van der Waals surface area contributed by atoms with Crippen molar-refractivity contribution in [3.05, 3.63) is 10.6 Å². The highest BCUT2D eigenvalue weighted by Crippen LogP contribution is 2.47. The normalized spacial score (nSPS) is 22.1. The van der Waals surface area contributed by atoms with E-state index in [1.54, 1.807) is 6.92 Å². The molecule has 1 aliphatic heterocycles. The van der Waals surface area contributed by atoms with E-state index in [-0.39, 0.29) is 0 Å². The third-order valence-corrected chi connectivity index (χ3v) is 5.94. The number of hydrogen-bond donors (Lipinski definition) is 1. The van der Waals surface area contributed by atoms with Gasteiger partial charge in [-0.25, -0.2) is 9.78 Å². The van der Waals surface area contributed by atoms with Crippen molar-refractivity contribution < 1.29 is 9.90 Å². The molecule has 1 saturated heterocycles. The number of carbonyl (C=O) groups is 1. The Labute approximate surface area is 117 Å². The molecule has 1 saturated carbocycles. The summed E-state index contributed by atoms with van der Waals surface area (Å²) in [6, 6.07) is 0. The Hall–Kier alpha value is -1.10. The Morgan fingerprint density at radius 1 is 1.26 bits per heavy atom. The van der Waals surface area contributed by atoms with E-state index in [0.717, 1.165) is 18.2 Å². The van der Waals surface area contributed by atoms with Gasteiger partial charge in [-0.05, 0) is 38.0 Å². The van der Waals surface area contributed by atoms with Crippen LogP contribution in [0.2, 0.25) is 0 Å². The number of aryl methyl sites for hydroxylation is 1. The second-order valence-corrected chi connectivity index (χ2v) is 6.89. The molecule has 0 bridgehead atoms. The monoisotopic (exact) mass is 280 g/mol. The summed E-state index contributed by atoms with van der Waals surface area (Å²) in [4.78, 5) is 18.2. The predicted molar refractivity (Wildman–Crippen MR) is 76.2 cm³/mol. The molecule has 3 rings (SSSR count). The van der Waals surface area contributed by atoms with Gasteiger partial charge in [0.1, 0.15) is 4.88 Å². The van der Waals surface area contributed by atoms with Gasteiger partial charge < -0.3 is 10.0 Å². The van der Waals surface area contributed by atoms with Gasteiger partial charge in [0.2, 0.25) is 0 Å². The van der Waals surface area contributed by atoms with Crippen LogP contribution in [0.3, 0.4) is 0 Å². The average Bonchev–Trinajstić information content (AvgIpc) is 2.98. The molecule has 2 aliphatic rings. The number of thiazole rings is 1. The number of anilines is 1. The lowest BCUT2D eigenvalue weighted by atomic mass is 9.77. The summed E-state index contributed by atoms with van der Waals surface area (Å²) < 4.78 is 0. The standard InChI is InChI=1S/C14H20N2O2S/c1-10-11(12(17)18)19-13(15-10)16-8-6-14(7-9-16)4-2-3-5-14/h2-9H2,1H3,(H,17,18). The molecule has 0 atom stereocenters. The zero-order valence-electron chi connectivity index (χ0n) is 11.3. The summed E-state index contributed by atoms with van der Waals surface area (Å²) >= 11 is 1.32. The van der Waals surface area contributed by atoms with Crippen molar-refractivity contribution in [3.63, 3.8) is 0 Å². The molecule has 1 aromatic heterocycles. The minimum Gasteiger partial charge on any atom is -0.477 e. The SMILES string of the molecule is Cc1nc(N2CCC3(CCCC3)CC2)sc1C(=O)O. The Balaban J connectivity index is 1.71. The van der Waals surface area contributed by atoms with E-state index in [1.165, 1.54) is 49.9 Å². The van der Waals surface area contributed by atoms with E-state index < -0.39 is 5.97 Å². The molecule has 4 nitrogen and oxygen atoms in total. The molecule has 19 heavy (non-hydrogen) atoms. The van der Waals surface area contributed by atoms with Crippen molar-refractivity contribution in [2.24, 2.45) is 5.41 Å². The first-order chi connectivity index (χ1) is 9.10. The fraction of sp³-hybridized carbons (Fsp3) is 0.714. The Kier molecular flexibility index (Phi) is 3.25. The van der Waals surface area contributed by atoms with Gasteiger partial charge in [0.15, 0.2) is 5.13 Å². The van der Waals surface area contributed by atoms with E-state index >= 15 is 0 Å². The second kappa shape index (κ2) is 4.78. The fourth-order valence-electron chi connectivity index (χ4n) is 3.51. The fourth-order valence-corrected chi connectivity index (χ4v) is 4.47. The number of carboxylic acid groups (broad SMARTS) is 1. The van der Waals surface area contributed by atoms with E-state index in [4.69, 9.17) is 5.11 Å². The van der Waals surface area contributed by atoms with Gasteiger partial charge >= 0.3 is 5.97 Å². The molecule has 1 spiro atoms. The summed E-state index contributed by atoms with van der Waals surface area (Å²) in [5, 5.41) is 9.99. The molecule has 1 aromatic rings. The molecule has 0 aromatic carbocycles. The quantitative estimate of drug-likeness (QED) is 0.903. The molecule has 0 unspecified atom stereocenters. The topological polar surface area (TPSA) is 53.4 Å². The van der Waals surface area contributed by atoms with Gasteiger partial charge in [0.25, 0.3) is 0 Å². The maximum Gasteiger partial charge on any atom is 0.347 e. The van der Waals surface area contributed by atoms with Crippen LogP contribution in [0.25, 0.3) is 0 Å². The van der Waals surface area contributed by atoms with Crippen LogP contribution in [0.4, 0.5) is 5.13 Å². The Morgan fingerprint density at radius 2 is 1.89 bits per heavy atom. The van der Waals surface area contributed by atoms with Crippen molar-refractivity contribution >= 4 is 22.4 Å². The van der Waals surface area contributed by atoms with Crippen LogP contribution in [-0.2, 0) is 0 Å². The van der Waals surface area contributed by atoms with Gasteiger partial charge in [0, 0.05) is 13.1 Å². The lowest BCUT2D eigenvalue weighted by molar-refractivity contribution is 0.0701. The number of nitrogens with zero attached hydrogens (tertiary/aromatic N) is 2. The number of piperidine rings is 1. The van der Waals surface area contributed by atoms with Crippen molar-refractivity contribution in [1.82, 2.24) is 4.98 Å². The second-order valence-electron chi connectivity index (χ2n) is 5.91. The zero-order valence-corrected chi connectivity index (χ0v) is 12.1. The maximum absolute atomic E-state index is 11.1. The highest BCUT2D eigenvalue weighted by atomic mass is 32.1. The van der Waals surface area contributed by atoms with Crippen LogP contribution in [-0.4, -0.2) is 29.1 Å². The first-order valence-electron chi connectivity index (χ1n) is 7.05. The van der Waals surface area contributed by atoms with E-state index in [1.807, 2.05) is 0 Å². The van der Waals surface area contributed by atoms with Crippen molar-refractivity contribution in [3.8, 4) is 0 Å². The van der Waals surface area contributed by atoms with E-state index in [0.29, 0.717) is 16.0 Å². The molecule has 1 N–H and O–H groups in total. The largest absolute Gasteiger partial charge is 0.477 e. The lowest BCUT2D eigenvalue weighted by Crippen LogP contribution is -2.38. The number of rotatable bonds is 2. The van der Waals surface area contributed by atoms with Gasteiger partial charge in [-0.15, -0.1) is 0 Å². The first kappa shape index (κ1) is 12.9. The van der Waals surface area contributed by atoms with Crippen molar-refractivity contribution in [1.29, 1.82) is 0 Å².